The molecule has 0 fully saturated rings. The second-order valence-corrected chi connectivity index (χ2v) is 3.99. The van der Waals surface area contributed by atoms with Crippen molar-refractivity contribution < 1.29 is 4.79 Å². The van der Waals surface area contributed by atoms with Crippen molar-refractivity contribution >= 4 is 11.5 Å². The van der Waals surface area contributed by atoms with Crippen molar-refractivity contribution in [2.45, 2.75) is 27.2 Å². The van der Waals surface area contributed by atoms with E-state index in [0.29, 0.717) is 6.54 Å². The molecule has 0 spiro atoms. The largest absolute Gasteiger partial charge is 0.367 e. The van der Waals surface area contributed by atoms with Crippen LogP contribution in [0.4, 0.5) is 5.69 Å². The van der Waals surface area contributed by atoms with E-state index >= 15 is 0 Å². The molecule has 1 rings (SSSR count). The molecule has 82 valence electrons. The van der Waals surface area contributed by atoms with E-state index < -0.39 is 0 Å². The molecule has 0 bridgehead atoms. The zero-order valence-electron chi connectivity index (χ0n) is 10.0. The monoisotopic (exact) mass is 205 g/mol. The lowest BCUT2D eigenvalue weighted by molar-refractivity contribution is -0.115. The van der Waals surface area contributed by atoms with Crippen LogP contribution in [-0.2, 0) is 11.2 Å². The number of ketones is 1. The molecule has 15 heavy (non-hydrogen) atoms. The Bertz CT molecular complexity index is 358. The molecule has 0 unspecified atom stereocenters. The summed E-state index contributed by atoms with van der Waals surface area (Å²) in [4.78, 5) is 13.1. The normalized spacial score (nSPS) is 10.1. The molecule has 0 radical (unpaired) electrons. The Kier molecular flexibility index (Phi) is 3.89. The Hall–Kier alpha value is -1.31. The van der Waals surface area contributed by atoms with Crippen LogP contribution < -0.4 is 4.90 Å². The molecule has 0 saturated carbocycles. The van der Waals surface area contributed by atoms with Gasteiger partial charge >= 0.3 is 0 Å². The van der Waals surface area contributed by atoms with Crippen LogP contribution in [0, 0.1) is 6.92 Å². The van der Waals surface area contributed by atoms with Crippen LogP contribution in [0.2, 0.25) is 0 Å². The minimum Gasteiger partial charge on any atom is -0.367 e. The summed E-state index contributed by atoms with van der Waals surface area (Å²) >= 11 is 0. The second kappa shape index (κ2) is 4.96. The molecular formula is C13H19NO. The molecule has 0 amide bonds. The lowest BCUT2D eigenvalue weighted by Gasteiger charge is -2.23. The van der Waals surface area contributed by atoms with E-state index in [2.05, 4.69) is 32.0 Å². The fourth-order valence-corrected chi connectivity index (χ4v) is 1.96. The molecule has 0 heterocycles. The van der Waals surface area contributed by atoms with Gasteiger partial charge in [-0.05, 0) is 31.4 Å². The van der Waals surface area contributed by atoms with Crippen LogP contribution in [0.3, 0.4) is 0 Å². The van der Waals surface area contributed by atoms with E-state index in [4.69, 9.17) is 0 Å². The summed E-state index contributed by atoms with van der Waals surface area (Å²) in [5, 5.41) is 0. The minimum absolute atomic E-state index is 0.197. The van der Waals surface area contributed by atoms with Gasteiger partial charge in [0.05, 0.1) is 6.54 Å². The molecule has 0 N–H and O–H groups in total. The maximum absolute atomic E-state index is 11.1. The van der Waals surface area contributed by atoms with Gasteiger partial charge in [0, 0.05) is 12.7 Å². The average molecular weight is 205 g/mol. The third kappa shape index (κ3) is 2.82. The first-order chi connectivity index (χ1) is 7.06. The Labute approximate surface area is 91.9 Å². The summed E-state index contributed by atoms with van der Waals surface area (Å²) in [6, 6.07) is 6.28. The maximum Gasteiger partial charge on any atom is 0.149 e. The molecule has 0 aliphatic heterocycles. The Morgan fingerprint density at radius 2 is 2.07 bits per heavy atom. The van der Waals surface area contributed by atoms with Gasteiger partial charge < -0.3 is 4.90 Å². The van der Waals surface area contributed by atoms with E-state index in [9.17, 15) is 4.79 Å². The van der Waals surface area contributed by atoms with Crippen molar-refractivity contribution in [1.82, 2.24) is 0 Å². The van der Waals surface area contributed by atoms with Gasteiger partial charge in [0.25, 0.3) is 0 Å². The number of anilines is 1. The molecule has 0 saturated heterocycles. The van der Waals surface area contributed by atoms with Crippen molar-refractivity contribution in [1.29, 1.82) is 0 Å². The van der Waals surface area contributed by atoms with Gasteiger partial charge in [0.2, 0.25) is 0 Å². The molecule has 0 atom stereocenters. The average Bonchev–Trinajstić information content (AvgIpc) is 2.15. The van der Waals surface area contributed by atoms with Crippen LogP contribution in [0.5, 0.6) is 0 Å². The summed E-state index contributed by atoms with van der Waals surface area (Å²) in [6.07, 6.45) is 0.999. The van der Waals surface area contributed by atoms with Crippen molar-refractivity contribution in [2.75, 3.05) is 18.5 Å². The summed E-state index contributed by atoms with van der Waals surface area (Å²) in [7, 11) is 1.98. The van der Waals surface area contributed by atoms with Crippen LogP contribution >= 0.6 is 0 Å². The van der Waals surface area contributed by atoms with Gasteiger partial charge in [-0.2, -0.15) is 0 Å². The summed E-state index contributed by atoms with van der Waals surface area (Å²) in [5.74, 6) is 0.197. The number of carbonyl (C=O) groups is 1. The lowest BCUT2D eigenvalue weighted by Crippen LogP contribution is -2.25. The van der Waals surface area contributed by atoms with Gasteiger partial charge in [0.1, 0.15) is 5.78 Å². The quantitative estimate of drug-likeness (QED) is 0.753. The van der Waals surface area contributed by atoms with E-state index in [0.717, 1.165) is 6.42 Å². The fraction of sp³-hybridized carbons (Fsp3) is 0.462. The molecule has 0 aromatic heterocycles. The van der Waals surface area contributed by atoms with Crippen molar-refractivity contribution in [3.05, 3.63) is 29.3 Å². The Balaban J connectivity index is 3.05. The molecule has 2 nitrogen and oxygen atoms in total. The van der Waals surface area contributed by atoms with E-state index in [-0.39, 0.29) is 5.78 Å². The minimum atomic E-state index is 0.197. The lowest BCUT2D eigenvalue weighted by atomic mass is 10.0. The molecular weight excluding hydrogens is 186 g/mol. The van der Waals surface area contributed by atoms with Crippen LogP contribution in [0.15, 0.2) is 18.2 Å². The predicted octanol–water partition coefficient (Wildman–Crippen LogP) is 2.58. The standard InChI is InChI=1S/C13H19NO/c1-5-12-8-6-7-10(2)13(12)14(4)9-11(3)15/h6-8H,5,9H2,1-4H3. The summed E-state index contributed by atoms with van der Waals surface area (Å²) < 4.78 is 0. The van der Waals surface area contributed by atoms with Gasteiger partial charge in [-0.1, -0.05) is 25.1 Å². The zero-order chi connectivity index (χ0) is 11.4. The SMILES string of the molecule is CCc1cccc(C)c1N(C)CC(C)=O. The van der Waals surface area contributed by atoms with E-state index in [1.54, 1.807) is 6.92 Å². The Morgan fingerprint density at radius 1 is 1.40 bits per heavy atom. The highest BCUT2D eigenvalue weighted by Gasteiger charge is 2.10. The molecule has 1 aromatic carbocycles. The molecule has 1 aromatic rings. The van der Waals surface area contributed by atoms with Gasteiger partial charge in [-0.3, -0.25) is 4.79 Å². The van der Waals surface area contributed by atoms with Gasteiger partial charge in [0.15, 0.2) is 0 Å². The number of carbonyl (C=O) groups excluding carboxylic acids is 1. The first-order valence-corrected chi connectivity index (χ1v) is 5.35. The predicted molar refractivity (Wildman–Crippen MR) is 64.5 cm³/mol. The first-order valence-electron chi connectivity index (χ1n) is 5.35. The van der Waals surface area contributed by atoms with Crippen molar-refractivity contribution in [3.63, 3.8) is 0 Å². The zero-order valence-corrected chi connectivity index (χ0v) is 10.0. The number of hydrogen-bond acceptors (Lipinski definition) is 2. The summed E-state index contributed by atoms with van der Waals surface area (Å²) in [5.41, 5.74) is 3.74. The number of rotatable bonds is 4. The van der Waals surface area contributed by atoms with Crippen LogP contribution in [0.1, 0.15) is 25.0 Å². The highest BCUT2D eigenvalue weighted by atomic mass is 16.1. The second-order valence-electron chi connectivity index (χ2n) is 3.99. The number of nitrogens with zero attached hydrogens (tertiary/aromatic N) is 1. The highest BCUT2D eigenvalue weighted by Crippen LogP contribution is 2.24. The number of hydrogen-bond donors (Lipinski definition) is 0. The topological polar surface area (TPSA) is 20.3 Å². The Morgan fingerprint density at radius 3 is 2.60 bits per heavy atom. The number of Topliss-reactive ketones (excluding diaryl/α,β-unsaturated/α-hetero) is 1. The third-order valence-electron chi connectivity index (χ3n) is 2.54. The molecule has 0 aliphatic rings. The molecule has 2 heteroatoms. The van der Waals surface area contributed by atoms with E-state index in [1.165, 1.54) is 16.8 Å². The van der Waals surface area contributed by atoms with Crippen LogP contribution in [-0.4, -0.2) is 19.4 Å². The van der Waals surface area contributed by atoms with Gasteiger partial charge in [-0.25, -0.2) is 0 Å². The number of likely N-dealkylation sites (N-methyl/N-ethyl adjacent to an activating group) is 1. The summed E-state index contributed by atoms with van der Waals surface area (Å²) in [6.45, 7) is 6.34. The van der Waals surface area contributed by atoms with Crippen molar-refractivity contribution in [3.8, 4) is 0 Å². The highest BCUT2D eigenvalue weighted by molar-refractivity contribution is 5.81. The molecule has 0 aliphatic carbocycles. The smallest absolute Gasteiger partial charge is 0.149 e. The third-order valence-corrected chi connectivity index (χ3v) is 2.54. The fourth-order valence-electron chi connectivity index (χ4n) is 1.96. The van der Waals surface area contributed by atoms with Crippen LogP contribution in [0.25, 0.3) is 0 Å². The number of aryl methyl sites for hydroxylation is 2. The maximum atomic E-state index is 11.1. The number of para-hydroxylation sites is 1. The van der Waals surface area contributed by atoms with Crippen molar-refractivity contribution in [2.24, 2.45) is 0 Å². The van der Waals surface area contributed by atoms with E-state index in [1.807, 2.05) is 11.9 Å². The first kappa shape index (κ1) is 11.8. The number of benzene rings is 1. The van der Waals surface area contributed by atoms with Gasteiger partial charge in [-0.15, -0.1) is 0 Å².